The summed E-state index contributed by atoms with van der Waals surface area (Å²) in [6.07, 6.45) is 3.56. The zero-order chi connectivity index (χ0) is 13.1. The van der Waals surface area contributed by atoms with Gasteiger partial charge in [-0.3, -0.25) is 4.79 Å². The van der Waals surface area contributed by atoms with Crippen molar-refractivity contribution in [2.75, 3.05) is 7.11 Å². The van der Waals surface area contributed by atoms with Crippen molar-refractivity contribution in [1.29, 1.82) is 0 Å². The van der Waals surface area contributed by atoms with E-state index in [-0.39, 0.29) is 11.9 Å². The maximum Gasteiger partial charge on any atom is 0.313 e. The number of aryl methyl sites for hydroxylation is 1. The summed E-state index contributed by atoms with van der Waals surface area (Å²) < 4.78 is 10.7. The van der Waals surface area contributed by atoms with E-state index < -0.39 is 0 Å². The molecule has 1 aliphatic rings. The molecule has 0 spiro atoms. The first-order valence-electron chi connectivity index (χ1n) is 6.20. The van der Waals surface area contributed by atoms with Gasteiger partial charge in [0.25, 0.3) is 0 Å². The second kappa shape index (κ2) is 5.25. The number of ether oxygens (including phenoxy) is 2. The highest BCUT2D eigenvalue weighted by Crippen LogP contribution is 2.31. The summed E-state index contributed by atoms with van der Waals surface area (Å²) in [7, 11) is 1.65. The Labute approximate surface area is 107 Å². The Morgan fingerprint density at radius 1 is 1.28 bits per heavy atom. The molecule has 1 aromatic rings. The molecule has 96 valence electrons. The lowest BCUT2D eigenvalue weighted by molar-refractivity contribution is -0.143. The van der Waals surface area contributed by atoms with Crippen molar-refractivity contribution >= 4 is 12.0 Å². The van der Waals surface area contributed by atoms with Crippen molar-refractivity contribution in [1.82, 2.24) is 0 Å². The normalized spacial score (nSPS) is 13.9. The number of esters is 1. The van der Waals surface area contributed by atoms with Gasteiger partial charge in [0, 0.05) is 12.0 Å². The highest BCUT2D eigenvalue weighted by atomic mass is 16.5. The lowest BCUT2D eigenvalue weighted by Crippen LogP contribution is -2.13. The van der Waals surface area contributed by atoms with E-state index in [1.165, 1.54) is 5.56 Å². The smallest absolute Gasteiger partial charge is 0.313 e. The van der Waals surface area contributed by atoms with Crippen molar-refractivity contribution in [3.63, 3.8) is 0 Å². The molecule has 1 aromatic carbocycles. The molecule has 0 bridgehead atoms. The van der Waals surface area contributed by atoms with Crippen LogP contribution in [0.15, 0.2) is 24.0 Å². The average molecular weight is 246 g/mol. The van der Waals surface area contributed by atoms with Crippen LogP contribution < -0.4 is 4.74 Å². The molecular formula is C15H18O3. The Morgan fingerprint density at radius 2 is 2.06 bits per heavy atom. The van der Waals surface area contributed by atoms with Gasteiger partial charge in [-0.2, -0.15) is 0 Å². The van der Waals surface area contributed by atoms with E-state index in [1.54, 1.807) is 7.11 Å². The molecule has 0 fully saturated rings. The molecule has 0 heterocycles. The summed E-state index contributed by atoms with van der Waals surface area (Å²) in [5.41, 5.74) is 2.26. The molecule has 3 nitrogen and oxygen atoms in total. The molecule has 0 unspecified atom stereocenters. The van der Waals surface area contributed by atoms with Crippen LogP contribution in [-0.4, -0.2) is 13.1 Å². The molecule has 0 amide bonds. The van der Waals surface area contributed by atoms with Crippen LogP contribution in [-0.2, 0) is 16.0 Å². The fourth-order valence-electron chi connectivity index (χ4n) is 1.97. The van der Waals surface area contributed by atoms with Gasteiger partial charge in [0.15, 0.2) is 0 Å². The van der Waals surface area contributed by atoms with Crippen LogP contribution in [0.4, 0.5) is 0 Å². The quantitative estimate of drug-likeness (QED) is 0.768. The Bertz CT molecular complexity index is 487. The zero-order valence-electron chi connectivity index (χ0n) is 11.0. The largest absolute Gasteiger partial charge is 0.496 e. The van der Waals surface area contributed by atoms with Crippen LogP contribution in [0.2, 0.25) is 0 Å². The molecule has 0 saturated carbocycles. The number of benzene rings is 1. The second-order valence-electron chi connectivity index (χ2n) is 4.72. The minimum atomic E-state index is -0.181. The highest BCUT2D eigenvalue weighted by molar-refractivity contribution is 5.75. The molecule has 3 heteroatoms. The minimum Gasteiger partial charge on any atom is -0.496 e. The number of rotatable bonds is 3. The average Bonchev–Trinajstić information content (AvgIpc) is 2.37. The molecule has 0 atom stereocenters. The van der Waals surface area contributed by atoms with Crippen molar-refractivity contribution in [3.05, 3.63) is 35.1 Å². The van der Waals surface area contributed by atoms with E-state index in [4.69, 9.17) is 9.47 Å². The van der Waals surface area contributed by atoms with E-state index in [2.05, 4.69) is 6.07 Å². The van der Waals surface area contributed by atoms with Gasteiger partial charge in [0.05, 0.1) is 13.0 Å². The van der Waals surface area contributed by atoms with Gasteiger partial charge >= 0.3 is 5.97 Å². The molecule has 1 aliphatic carbocycles. The first kappa shape index (κ1) is 12.7. The SMILES string of the molecule is COc1cccc2c1C=C(OC(=O)C(C)C)CC2. The van der Waals surface area contributed by atoms with E-state index in [0.29, 0.717) is 0 Å². The van der Waals surface area contributed by atoms with Crippen LogP contribution in [0.5, 0.6) is 5.75 Å². The number of carbonyl (C=O) groups is 1. The van der Waals surface area contributed by atoms with E-state index >= 15 is 0 Å². The van der Waals surface area contributed by atoms with Crippen molar-refractivity contribution in [2.45, 2.75) is 26.7 Å². The summed E-state index contributed by atoms with van der Waals surface area (Å²) in [5, 5.41) is 0. The van der Waals surface area contributed by atoms with Gasteiger partial charge in [-0.25, -0.2) is 0 Å². The lowest BCUT2D eigenvalue weighted by atomic mass is 9.95. The van der Waals surface area contributed by atoms with Crippen LogP contribution >= 0.6 is 0 Å². The van der Waals surface area contributed by atoms with Gasteiger partial charge < -0.3 is 9.47 Å². The molecule has 0 aliphatic heterocycles. The van der Waals surface area contributed by atoms with Crippen molar-refractivity contribution in [2.24, 2.45) is 5.92 Å². The minimum absolute atomic E-state index is 0.107. The zero-order valence-corrected chi connectivity index (χ0v) is 11.0. The van der Waals surface area contributed by atoms with Gasteiger partial charge in [0.1, 0.15) is 11.5 Å². The summed E-state index contributed by atoms with van der Waals surface area (Å²) >= 11 is 0. The predicted octanol–water partition coefficient (Wildman–Crippen LogP) is 3.18. The number of hydrogen-bond donors (Lipinski definition) is 0. The third-order valence-electron chi connectivity index (χ3n) is 3.03. The fourth-order valence-corrected chi connectivity index (χ4v) is 1.97. The van der Waals surface area contributed by atoms with Crippen LogP contribution in [0.1, 0.15) is 31.4 Å². The van der Waals surface area contributed by atoms with E-state index in [9.17, 15) is 4.79 Å². The fraction of sp³-hybridized carbons (Fsp3) is 0.400. The highest BCUT2D eigenvalue weighted by Gasteiger charge is 2.18. The summed E-state index contributed by atoms with van der Waals surface area (Å²) in [6, 6.07) is 5.98. The Hall–Kier alpha value is -1.77. The summed E-state index contributed by atoms with van der Waals surface area (Å²) in [5.74, 6) is 1.26. The molecule has 0 aromatic heterocycles. The van der Waals surface area contributed by atoms with Gasteiger partial charge in [0.2, 0.25) is 0 Å². The predicted molar refractivity (Wildman–Crippen MR) is 70.2 cm³/mol. The van der Waals surface area contributed by atoms with Gasteiger partial charge in [-0.05, 0) is 24.1 Å². The van der Waals surface area contributed by atoms with Crippen molar-refractivity contribution in [3.8, 4) is 5.75 Å². The molecule has 18 heavy (non-hydrogen) atoms. The number of carbonyl (C=O) groups excluding carboxylic acids is 1. The first-order valence-corrected chi connectivity index (χ1v) is 6.20. The van der Waals surface area contributed by atoms with E-state index in [1.807, 2.05) is 32.1 Å². The molecule has 0 radical (unpaired) electrons. The number of fused-ring (bicyclic) bond motifs is 1. The standard InChI is InChI=1S/C15H18O3/c1-10(2)15(16)18-12-8-7-11-5-4-6-14(17-3)13(11)9-12/h4-6,9-10H,7-8H2,1-3H3. The summed E-state index contributed by atoms with van der Waals surface area (Å²) in [6.45, 7) is 3.67. The lowest BCUT2D eigenvalue weighted by Gasteiger charge is -2.19. The van der Waals surface area contributed by atoms with Crippen LogP contribution in [0.3, 0.4) is 0 Å². The monoisotopic (exact) mass is 246 g/mol. The van der Waals surface area contributed by atoms with Crippen molar-refractivity contribution < 1.29 is 14.3 Å². The Morgan fingerprint density at radius 3 is 2.72 bits per heavy atom. The Kier molecular flexibility index (Phi) is 3.70. The van der Waals surface area contributed by atoms with Crippen LogP contribution in [0.25, 0.3) is 6.08 Å². The van der Waals surface area contributed by atoms with Gasteiger partial charge in [-0.1, -0.05) is 26.0 Å². The summed E-state index contributed by atoms with van der Waals surface area (Å²) in [4.78, 5) is 11.6. The molecule has 0 N–H and O–H groups in total. The van der Waals surface area contributed by atoms with E-state index in [0.717, 1.165) is 29.9 Å². The second-order valence-corrected chi connectivity index (χ2v) is 4.72. The number of allylic oxidation sites excluding steroid dienone is 1. The maximum absolute atomic E-state index is 11.6. The number of methoxy groups -OCH3 is 1. The molecule has 2 rings (SSSR count). The first-order chi connectivity index (χ1) is 8.61. The Balaban J connectivity index is 2.26. The third kappa shape index (κ3) is 2.55. The van der Waals surface area contributed by atoms with Crippen LogP contribution in [0, 0.1) is 5.92 Å². The number of hydrogen-bond acceptors (Lipinski definition) is 3. The molecule has 0 saturated heterocycles. The molecular weight excluding hydrogens is 228 g/mol. The van der Waals surface area contributed by atoms with Gasteiger partial charge in [-0.15, -0.1) is 0 Å². The maximum atomic E-state index is 11.6. The third-order valence-corrected chi connectivity index (χ3v) is 3.03. The topological polar surface area (TPSA) is 35.5 Å².